The number of esters is 1. The average molecular weight is 194 g/mol. The molecule has 0 saturated carbocycles. The van der Waals surface area contributed by atoms with Crippen LogP contribution in [0.1, 0.15) is 20.3 Å². The summed E-state index contributed by atoms with van der Waals surface area (Å²) >= 11 is 0. The Bertz CT molecular complexity index is 155. The molecule has 0 aromatic heterocycles. The molecule has 1 N–H and O–H groups in total. The summed E-state index contributed by atoms with van der Waals surface area (Å²) in [6.07, 6.45) is 0.895. The van der Waals surface area contributed by atoms with Gasteiger partial charge in [0, 0.05) is 6.54 Å². The number of carbonyl (C=O) groups is 1. The topological polar surface area (TPSA) is 38.3 Å². The zero-order chi connectivity index (χ0) is 8.32. The minimum atomic E-state index is -0.268. The van der Waals surface area contributed by atoms with Crippen LogP contribution in [0.5, 0.6) is 0 Å². The third-order valence-electron chi connectivity index (χ3n) is 2.14. The number of nitrogens with one attached hydrogen (secondary N) is 1. The van der Waals surface area contributed by atoms with Gasteiger partial charge in [0.2, 0.25) is 0 Å². The standard InChI is InChI=1S/C8H15NO2.ClH/c1-3-11-7(10)8(2)4-5-9-6-8;/h9H,3-6H2,1-2H3;1H. The lowest BCUT2D eigenvalue weighted by molar-refractivity contribution is -0.153. The maximum Gasteiger partial charge on any atom is 0.313 e. The third-order valence-corrected chi connectivity index (χ3v) is 2.14. The highest BCUT2D eigenvalue weighted by Crippen LogP contribution is 2.25. The van der Waals surface area contributed by atoms with Crippen molar-refractivity contribution in [1.29, 1.82) is 0 Å². The predicted molar refractivity (Wildman–Crippen MR) is 49.5 cm³/mol. The molecule has 0 radical (unpaired) electrons. The lowest BCUT2D eigenvalue weighted by Crippen LogP contribution is -2.31. The Balaban J connectivity index is 0.00000121. The Labute approximate surface area is 79.3 Å². The first-order chi connectivity index (χ1) is 5.19. The number of ether oxygens (including phenoxy) is 1. The number of carbonyl (C=O) groups excluding carboxylic acids is 1. The molecule has 1 rings (SSSR count). The smallest absolute Gasteiger partial charge is 0.313 e. The van der Waals surface area contributed by atoms with E-state index in [0.717, 1.165) is 19.5 Å². The fourth-order valence-electron chi connectivity index (χ4n) is 1.30. The fourth-order valence-corrected chi connectivity index (χ4v) is 1.30. The van der Waals surface area contributed by atoms with E-state index < -0.39 is 0 Å². The molecule has 0 bridgehead atoms. The van der Waals surface area contributed by atoms with Gasteiger partial charge in [0.05, 0.1) is 12.0 Å². The van der Waals surface area contributed by atoms with E-state index in [-0.39, 0.29) is 23.8 Å². The van der Waals surface area contributed by atoms with E-state index in [1.165, 1.54) is 0 Å². The van der Waals surface area contributed by atoms with Gasteiger partial charge in [0.1, 0.15) is 0 Å². The van der Waals surface area contributed by atoms with Crippen molar-refractivity contribution in [2.24, 2.45) is 5.41 Å². The van der Waals surface area contributed by atoms with Crippen LogP contribution in [0.2, 0.25) is 0 Å². The average Bonchev–Trinajstić information content (AvgIpc) is 2.38. The Kier molecular flexibility index (Phi) is 4.57. The normalized spacial score (nSPS) is 27.8. The monoisotopic (exact) mass is 193 g/mol. The first-order valence-electron chi connectivity index (χ1n) is 4.07. The molecular formula is C8H16ClNO2. The summed E-state index contributed by atoms with van der Waals surface area (Å²) in [4.78, 5) is 11.3. The Morgan fingerprint density at radius 1 is 1.67 bits per heavy atom. The van der Waals surface area contributed by atoms with E-state index in [1.54, 1.807) is 0 Å². The summed E-state index contributed by atoms with van der Waals surface area (Å²) in [5.74, 6) is -0.0648. The van der Waals surface area contributed by atoms with Crippen molar-refractivity contribution in [3.8, 4) is 0 Å². The van der Waals surface area contributed by atoms with Crippen LogP contribution in [0, 0.1) is 5.41 Å². The second-order valence-corrected chi connectivity index (χ2v) is 3.21. The molecule has 0 aromatic rings. The Morgan fingerprint density at radius 3 is 2.75 bits per heavy atom. The summed E-state index contributed by atoms with van der Waals surface area (Å²) in [7, 11) is 0. The van der Waals surface area contributed by atoms with E-state index in [2.05, 4.69) is 5.32 Å². The van der Waals surface area contributed by atoms with Gasteiger partial charge in [0.15, 0.2) is 0 Å². The van der Waals surface area contributed by atoms with Gasteiger partial charge >= 0.3 is 5.97 Å². The van der Waals surface area contributed by atoms with Crippen molar-refractivity contribution < 1.29 is 9.53 Å². The molecule has 0 aromatic carbocycles. The summed E-state index contributed by atoms with van der Waals surface area (Å²) in [6.45, 7) is 5.95. The molecule has 0 amide bonds. The molecule has 72 valence electrons. The number of hydrogen-bond donors (Lipinski definition) is 1. The highest BCUT2D eigenvalue weighted by atomic mass is 35.5. The highest BCUT2D eigenvalue weighted by molar-refractivity contribution is 5.85. The zero-order valence-corrected chi connectivity index (χ0v) is 8.37. The number of halogens is 1. The van der Waals surface area contributed by atoms with Crippen molar-refractivity contribution in [3.05, 3.63) is 0 Å². The zero-order valence-electron chi connectivity index (χ0n) is 7.55. The fraction of sp³-hybridized carbons (Fsp3) is 0.875. The van der Waals surface area contributed by atoms with Crippen LogP contribution in [-0.2, 0) is 9.53 Å². The minimum absolute atomic E-state index is 0. The van der Waals surface area contributed by atoms with Gasteiger partial charge in [-0.2, -0.15) is 0 Å². The molecule has 0 spiro atoms. The largest absolute Gasteiger partial charge is 0.466 e. The van der Waals surface area contributed by atoms with Crippen LogP contribution in [0.3, 0.4) is 0 Å². The first kappa shape index (κ1) is 11.7. The lowest BCUT2D eigenvalue weighted by Gasteiger charge is -2.19. The van der Waals surface area contributed by atoms with Gasteiger partial charge in [-0.1, -0.05) is 0 Å². The predicted octanol–water partition coefficient (Wildman–Crippen LogP) is 0.971. The van der Waals surface area contributed by atoms with E-state index in [9.17, 15) is 4.79 Å². The molecule has 1 saturated heterocycles. The minimum Gasteiger partial charge on any atom is -0.466 e. The van der Waals surface area contributed by atoms with E-state index in [1.807, 2.05) is 13.8 Å². The first-order valence-corrected chi connectivity index (χ1v) is 4.07. The molecule has 1 atom stereocenters. The van der Waals surface area contributed by atoms with Crippen molar-refractivity contribution in [3.63, 3.8) is 0 Å². The molecule has 0 aliphatic carbocycles. The van der Waals surface area contributed by atoms with Crippen LogP contribution in [0.4, 0.5) is 0 Å². The van der Waals surface area contributed by atoms with Gasteiger partial charge in [-0.15, -0.1) is 12.4 Å². The molecule has 3 nitrogen and oxygen atoms in total. The van der Waals surface area contributed by atoms with Crippen LogP contribution in [-0.4, -0.2) is 25.7 Å². The summed E-state index contributed by atoms with van der Waals surface area (Å²) < 4.78 is 4.95. The molecule has 1 aliphatic rings. The lowest BCUT2D eigenvalue weighted by atomic mass is 9.90. The van der Waals surface area contributed by atoms with Crippen LogP contribution >= 0.6 is 12.4 Å². The molecule has 1 unspecified atom stereocenters. The van der Waals surface area contributed by atoms with Gasteiger partial charge in [-0.25, -0.2) is 0 Å². The second-order valence-electron chi connectivity index (χ2n) is 3.21. The van der Waals surface area contributed by atoms with Crippen LogP contribution in [0.25, 0.3) is 0 Å². The van der Waals surface area contributed by atoms with Gasteiger partial charge in [0.25, 0.3) is 0 Å². The van der Waals surface area contributed by atoms with Gasteiger partial charge in [-0.05, 0) is 26.8 Å². The molecule has 1 aliphatic heterocycles. The molecule has 1 fully saturated rings. The quantitative estimate of drug-likeness (QED) is 0.665. The Hall–Kier alpha value is -0.280. The molecule has 4 heteroatoms. The van der Waals surface area contributed by atoms with Gasteiger partial charge in [-0.3, -0.25) is 4.79 Å². The second kappa shape index (κ2) is 4.67. The number of rotatable bonds is 2. The summed E-state index contributed by atoms with van der Waals surface area (Å²) in [5, 5.41) is 3.15. The van der Waals surface area contributed by atoms with E-state index in [0.29, 0.717) is 6.61 Å². The molecule has 1 heterocycles. The maximum absolute atomic E-state index is 11.3. The summed E-state index contributed by atoms with van der Waals surface area (Å²) in [5.41, 5.74) is -0.268. The highest BCUT2D eigenvalue weighted by Gasteiger charge is 2.37. The van der Waals surface area contributed by atoms with Crippen molar-refractivity contribution in [2.45, 2.75) is 20.3 Å². The Morgan fingerprint density at radius 2 is 2.33 bits per heavy atom. The van der Waals surface area contributed by atoms with E-state index >= 15 is 0 Å². The van der Waals surface area contributed by atoms with Gasteiger partial charge < -0.3 is 10.1 Å². The number of hydrogen-bond acceptors (Lipinski definition) is 3. The van der Waals surface area contributed by atoms with Crippen LogP contribution in [0.15, 0.2) is 0 Å². The van der Waals surface area contributed by atoms with Crippen LogP contribution < -0.4 is 5.32 Å². The summed E-state index contributed by atoms with van der Waals surface area (Å²) in [6, 6.07) is 0. The molecular weight excluding hydrogens is 178 g/mol. The van der Waals surface area contributed by atoms with Crippen molar-refractivity contribution in [1.82, 2.24) is 5.32 Å². The third kappa shape index (κ3) is 2.35. The maximum atomic E-state index is 11.3. The SMILES string of the molecule is CCOC(=O)C1(C)CCNC1.Cl. The van der Waals surface area contributed by atoms with Crippen molar-refractivity contribution >= 4 is 18.4 Å². The van der Waals surface area contributed by atoms with E-state index in [4.69, 9.17) is 4.74 Å². The van der Waals surface area contributed by atoms with Crippen molar-refractivity contribution in [2.75, 3.05) is 19.7 Å². The molecule has 12 heavy (non-hydrogen) atoms.